The molecule has 0 saturated carbocycles. The van der Waals surface area contributed by atoms with Gasteiger partial charge in [-0.2, -0.15) is 5.10 Å². The second-order valence-electron chi connectivity index (χ2n) is 7.62. The topological polar surface area (TPSA) is 78.2 Å². The van der Waals surface area contributed by atoms with Crippen LogP contribution in [0, 0.1) is 0 Å². The zero-order chi connectivity index (χ0) is 20.6. The van der Waals surface area contributed by atoms with E-state index in [0.717, 1.165) is 11.3 Å². The molecule has 2 aliphatic rings. The molecule has 0 aliphatic carbocycles. The van der Waals surface area contributed by atoms with E-state index in [1.54, 1.807) is 17.8 Å². The summed E-state index contributed by atoms with van der Waals surface area (Å²) in [4.78, 5) is 19.7. The van der Waals surface area contributed by atoms with Crippen LogP contribution in [0.15, 0.2) is 42.6 Å². The molecule has 156 valence electrons. The lowest BCUT2D eigenvalue weighted by Gasteiger charge is -2.37. The molecule has 30 heavy (non-hydrogen) atoms. The highest BCUT2D eigenvalue weighted by Gasteiger charge is 2.41. The predicted octanol–water partition coefficient (Wildman–Crippen LogP) is 2.52. The van der Waals surface area contributed by atoms with E-state index in [1.165, 1.54) is 0 Å². The first-order chi connectivity index (χ1) is 14.7. The molecule has 2 aliphatic heterocycles. The summed E-state index contributed by atoms with van der Waals surface area (Å²) in [5, 5.41) is 4.71. The van der Waals surface area contributed by atoms with E-state index in [9.17, 15) is 4.79 Å². The summed E-state index contributed by atoms with van der Waals surface area (Å²) in [6, 6.07) is 11.8. The monoisotopic (exact) mass is 408 g/mol. The fraction of sp³-hybridized carbons (Fsp3) is 0.409. The average molecular weight is 408 g/mol. The standard InChI is InChI=1S/C22H24N4O4/c1-28-15-19-17(21(27)25-9-7-22(8-10-25)29-11-12-30-22)14-23-20-13-18(24-26(19)20)16-5-3-2-4-6-16/h2-6,13-14H,7-12,15H2,1H3. The maximum atomic E-state index is 13.3. The second kappa shape index (κ2) is 7.79. The molecule has 4 heterocycles. The van der Waals surface area contributed by atoms with Crippen molar-refractivity contribution in [3.63, 3.8) is 0 Å². The molecule has 0 bridgehead atoms. The van der Waals surface area contributed by atoms with Crippen LogP contribution in [0.4, 0.5) is 0 Å². The summed E-state index contributed by atoms with van der Waals surface area (Å²) in [6.45, 7) is 2.67. The van der Waals surface area contributed by atoms with E-state index in [-0.39, 0.29) is 12.5 Å². The van der Waals surface area contributed by atoms with Crippen LogP contribution < -0.4 is 0 Å². The van der Waals surface area contributed by atoms with E-state index >= 15 is 0 Å². The van der Waals surface area contributed by atoms with E-state index in [0.29, 0.717) is 56.0 Å². The van der Waals surface area contributed by atoms with Gasteiger partial charge in [-0.25, -0.2) is 9.50 Å². The largest absolute Gasteiger partial charge is 0.378 e. The Morgan fingerprint density at radius 3 is 2.60 bits per heavy atom. The number of benzene rings is 1. The van der Waals surface area contributed by atoms with Crippen LogP contribution in [0.3, 0.4) is 0 Å². The van der Waals surface area contributed by atoms with Crippen molar-refractivity contribution in [3.8, 4) is 11.3 Å². The van der Waals surface area contributed by atoms with Gasteiger partial charge in [-0.15, -0.1) is 0 Å². The van der Waals surface area contributed by atoms with Gasteiger partial charge in [0.2, 0.25) is 0 Å². The van der Waals surface area contributed by atoms with Gasteiger partial charge in [-0.05, 0) is 0 Å². The highest BCUT2D eigenvalue weighted by molar-refractivity contribution is 5.95. The smallest absolute Gasteiger partial charge is 0.257 e. The van der Waals surface area contributed by atoms with Gasteiger partial charge in [0, 0.05) is 50.9 Å². The van der Waals surface area contributed by atoms with Crippen molar-refractivity contribution in [3.05, 3.63) is 53.9 Å². The van der Waals surface area contributed by atoms with E-state index in [1.807, 2.05) is 41.3 Å². The molecule has 0 N–H and O–H groups in total. The number of rotatable bonds is 4. The molecule has 2 fully saturated rings. The number of fused-ring (bicyclic) bond motifs is 1. The highest BCUT2D eigenvalue weighted by atomic mass is 16.7. The lowest BCUT2D eigenvalue weighted by Crippen LogP contribution is -2.47. The van der Waals surface area contributed by atoms with Crippen LogP contribution in [-0.4, -0.2) is 64.6 Å². The molecule has 2 saturated heterocycles. The van der Waals surface area contributed by atoms with Crippen LogP contribution in [-0.2, 0) is 20.8 Å². The van der Waals surface area contributed by atoms with E-state index in [2.05, 4.69) is 4.98 Å². The van der Waals surface area contributed by atoms with Crippen molar-refractivity contribution in [1.82, 2.24) is 19.5 Å². The number of methoxy groups -OCH3 is 1. The molecule has 8 heteroatoms. The molecular weight excluding hydrogens is 384 g/mol. The molecule has 1 aromatic carbocycles. The van der Waals surface area contributed by atoms with Crippen molar-refractivity contribution < 1.29 is 19.0 Å². The van der Waals surface area contributed by atoms with Crippen molar-refractivity contribution in [2.45, 2.75) is 25.2 Å². The minimum absolute atomic E-state index is 0.0685. The van der Waals surface area contributed by atoms with Gasteiger partial charge in [0.05, 0.1) is 36.8 Å². The lowest BCUT2D eigenvalue weighted by atomic mass is 10.0. The Morgan fingerprint density at radius 2 is 1.90 bits per heavy atom. The highest BCUT2D eigenvalue weighted by Crippen LogP contribution is 2.32. The summed E-state index contributed by atoms with van der Waals surface area (Å²) in [5.74, 6) is -0.581. The lowest BCUT2D eigenvalue weighted by molar-refractivity contribution is -0.181. The van der Waals surface area contributed by atoms with Crippen molar-refractivity contribution in [2.24, 2.45) is 0 Å². The first kappa shape index (κ1) is 19.2. The normalized spacial score (nSPS) is 18.4. The van der Waals surface area contributed by atoms with Crippen LogP contribution in [0.25, 0.3) is 16.9 Å². The summed E-state index contributed by atoms with van der Waals surface area (Å²) in [5.41, 5.74) is 3.69. The molecule has 3 aromatic rings. The number of carbonyl (C=O) groups excluding carboxylic acids is 1. The van der Waals surface area contributed by atoms with Gasteiger partial charge >= 0.3 is 0 Å². The zero-order valence-corrected chi connectivity index (χ0v) is 16.9. The first-order valence-electron chi connectivity index (χ1n) is 10.2. The first-order valence-corrected chi connectivity index (χ1v) is 10.2. The Bertz CT molecular complexity index is 1050. The van der Waals surface area contributed by atoms with E-state index in [4.69, 9.17) is 19.3 Å². The number of hydrogen-bond acceptors (Lipinski definition) is 6. The number of amides is 1. The Kier molecular flexibility index (Phi) is 4.98. The molecular formula is C22H24N4O4. The summed E-state index contributed by atoms with van der Waals surface area (Å²) < 4.78 is 18.7. The fourth-order valence-corrected chi connectivity index (χ4v) is 4.19. The van der Waals surface area contributed by atoms with Gasteiger partial charge in [-0.3, -0.25) is 4.79 Å². The number of nitrogens with zero attached hydrogens (tertiary/aromatic N) is 4. The summed E-state index contributed by atoms with van der Waals surface area (Å²) in [6.07, 6.45) is 2.98. The third kappa shape index (κ3) is 3.36. The Balaban J connectivity index is 1.46. The summed E-state index contributed by atoms with van der Waals surface area (Å²) >= 11 is 0. The number of likely N-dealkylation sites (tertiary alicyclic amines) is 1. The maximum absolute atomic E-state index is 13.3. The van der Waals surface area contributed by atoms with Crippen LogP contribution in [0.2, 0.25) is 0 Å². The average Bonchev–Trinajstić information content (AvgIpc) is 3.42. The summed E-state index contributed by atoms with van der Waals surface area (Å²) in [7, 11) is 1.61. The van der Waals surface area contributed by atoms with Gasteiger partial charge in [0.1, 0.15) is 0 Å². The third-order valence-electron chi connectivity index (χ3n) is 5.79. The second-order valence-corrected chi connectivity index (χ2v) is 7.62. The maximum Gasteiger partial charge on any atom is 0.257 e. The minimum Gasteiger partial charge on any atom is -0.378 e. The van der Waals surface area contributed by atoms with Crippen LogP contribution >= 0.6 is 0 Å². The SMILES string of the molecule is COCc1c(C(=O)N2CCC3(CC2)OCCO3)cnc2cc(-c3ccccc3)nn12. The molecule has 8 nitrogen and oxygen atoms in total. The Hall–Kier alpha value is -2.81. The molecule has 1 spiro atoms. The Morgan fingerprint density at radius 1 is 1.17 bits per heavy atom. The molecule has 0 radical (unpaired) electrons. The van der Waals surface area contributed by atoms with Gasteiger partial charge in [-0.1, -0.05) is 30.3 Å². The van der Waals surface area contributed by atoms with Gasteiger partial charge in [0.15, 0.2) is 11.4 Å². The minimum atomic E-state index is -0.513. The zero-order valence-electron chi connectivity index (χ0n) is 16.9. The van der Waals surface area contributed by atoms with Gasteiger partial charge < -0.3 is 19.1 Å². The van der Waals surface area contributed by atoms with Crippen molar-refractivity contribution >= 4 is 11.6 Å². The quantitative estimate of drug-likeness (QED) is 0.660. The fourth-order valence-electron chi connectivity index (χ4n) is 4.19. The molecule has 1 amide bonds. The Labute approximate surface area is 174 Å². The van der Waals surface area contributed by atoms with Gasteiger partial charge in [0.25, 0.3) is 5.91 Å². The van der Waals surface area contributed by atoms with Crippen LogP contribution in [0.1, 0.15) is 28.9 Å². The van der Waals surface area contributed by atoms with Crippen molar-refractivity contribution in [1.29, 1.82) is 0 Å². The number of ether oxygens (including phenoxy) is 3. The van der Waals surface area contributed by atoms with Crippen molar-refractivity contribution in [2.75, 3.05) is 33.4 Å². The molecule has 2 aromatic heterocycles. The van der Waals surface area contributed by atoms with E-state index < -0.39 is 5.79 Å². The molecule has 0 unspecified atom stereocenters. The molecule has 0 atom stereocenters. The van der Waals surface area contributed by atoms with Crippen LogP contribution in [0.5, 0.6) is 0 Å². The third-order valence-corrected chi connectivity index (χ3v) is 5.79. The predicted molar refractivity (Wildman–Crippen MR) is 109 cm³/mol. The molecule has 5 rings (SSSR count). The number of carbonyl (C=O) groups is 1. The number of hydrogen-bond donors (Lipinski definition) is 0. The number of aromatic nitrogens is 3. The number of piperidine rings is 1.